The molecule has 1 aliphatic heterocycles. The van der Waals surface area contributed by atoms with E-state index in [0.717, 1.165) is 40.7 Å². The molecule has 7 heteroatoms. The fourth-order valence-corrected chi connectivity index (χ4v) is 3.81. The molecule has 0 radical (unpaired) electrons. The molecule has 28 heavy (non-hydrogen) atoms. The molecule has 1 aromatic carbocycles. The number of carbonyl (C=O) groups is 1. The summed E-state index contributed by atoms with van der Waals surface area (Å²) in [7, 11) is 1.98. The van der Waals surface area contributed by atoms with Gasteiger partial charge >= 0.3 is 0 Å². The van der Waals surface area contributed by atoms with Gasteiger partial charge < -0.3 is 9.88 Å². The van der Waals surface area contributed by atoms with Crippen LogP contribution in [0.15, 0.2) is 36.7 Å². The van der Waals surface area contributed by atoms with Gasteiger partial charge in [-0.1, -0.05) is 12.1 Å². The molecular weight excluding hydrogens is 357 g/mol. The van der Waals surface area contributed by atoms with Crippen molar-refractivity contribution in [2.24, 2.45) is 7.05 Å². The zero-order valence-electron chi connectivity index (χ0n) is 15.9. The van der Waals surface area contributed by atoms with E-state index in [4.69, 9.17) is 0 Å². The van der Waals surface area contributed by atoms with Crippen molar-refractivity contribution in [3.05, 3.63) is 42.5 Å². The Kier molecular flexibility index (Phi) is 3.77. The van der Waals surface area contributed by atoms with E-state index in [2.05, 4.69) is 15.3 Å². The maximum absolute atomic E-state index is 14.8. The van der Waals surface area contributed by atoms with Crippen LogP contribution in [-0.2, 0) is 11.8 Å². The highest BCUT2D eigenvalue weighted by molar-refractivity contribution is 5.99. The average Bonchev–Trinajstić information content (AvgIpc) is 3.44. The number of rotatable bonds is 4. The van der Waals surface area contributed by atoms with Gasteiger partial charge in [-0.2, -0.15) is 0 Å². The Morgan fingerprint density at radius 3 is 2.64 bits per heavy atom. The van der Waals surface area contributed by atoms with Gasteiger partial charge in [-0.15, -0.1) is 0 Å². The summed E-state index contributed by atoms with van der Waals surface area (Å²) in [5.41, 5.74) is 0.229. The van der Waals surface area contributed by atoms with E-state index in [9.17, 15) is 9.18 Å². The summed E-state index contributed by atoms with van der Waals surface area (Å²) >= 11 is 0. The van der Waals surface area contributed by atoms with Gasteiger partial charge in [-0.25, -0.2) is 14.4 Å². The Bertz CT molecular complexity index is 1080. The van der Waals surface area contributed by atoms with Crippen molar-refractivity contribution < 1.29 is 9.18 Å². The van der Waals surface area contributed by atoms with Gasteiger partial charge in [0.25, 0.3) is 5.91 Å². The number of aryl methyl sites for hydroxylation is 1. The smallest absolute Gasteiger partial charge is 0.265 e. The Balaban J connectivity index is 1.38. The number of anilines is 1. The van der Waals surface area contributed by atoms with Gasteiger partial charge in [0.05, 0.1) is 11.9 Å². The number of halogens is 1. The van der Waals surface area contributed by atoms with Crippen LogP contribution in [0.3, 0.4) is 0 Å². The number of fused-ring (bicyclic) bond motifs is 1. The van der Waals surface area contributed by atoms with Gasteiger partial charge in [0, 0.05) is 43.3 Å². The van der Waals surface area contributed by atoms with Crippen LogP contribution < -0.4 is 5.32 Å². The average molecular weight is 379 g/mol. The summed E-state index contributed by atoms with van der Waals surface area (Å²) in [5.74, 6) is 0.708. The maximum Gasteiger partial charge on any atom is 0.265 e. The number of benzene rings is 1. The minimum Gasteiger partial charge on any atom is -0.331 e. The van der Waals surface area contributed by atoms with Gasteiger partial charge in [-0.05, 0) is 37.3 Å². The first kappa shape index (κ1) is 17.3. The van der Waals surface area contributed by atoms with Gasteiger partial charge in [0.15, 0.2) is 0 Å². The first-order valence-electron chi connectivity index (χ1n) is 9.56. The molecule has 0 bridgehead atoms. The van der Waals surface area contributed by atoms with Crippen LogP contribution in [0.1, 0.15) is 18.7 Å². The monoisotopic (exact) mass is 379 g/mol. The quantitative estimate of drug-likeness (QED) is 0.757. The van der Waals surface area contributed by atoms with Crippen molar-refractivity contribution in [1.29, 1.82) is 0 Å². The number of imidazole rings is 1. The molecule has 5 rings (SSSR count). The summed E-state index contributed by atoms with van der Waals surface area (Å²) in [4.78, 5) is 23.1. The molecule has 1 saturated heterocycles. The van der Waals surface area contributed by atoms with Gasteiger partial charge in [0.2, 0.25) is 5.67 Å². The molecule has 1 saturated carbocycles. The highest BCUT2D eigenvalue weighted by atomic mass is 19.1. The molecule has 6 nitrogen and oxygen atoms in total. The molecule has 3 aromatic rings. The number of alkyl halides is 1. The molecule has 1 aliphatic carbocycles. The summed E-state index contributed by atoms with van der Waals surface area (Å²) in [5, 5.41) is 4.55. The standard InChI is InChI=1S/C21H22FN5O/c1-13-23-10-18(26(13)2)14-3-4-15-9-24-19(8-16(15)7-14)25-20(28)21(22)11-27(12-21)17-5-6-17/h3-4,7-10,17H,5-6,11-12H2,1-2H3,(H,24,25,28). The Morgan fingerprint density at radius 1 is 1.18 bits per heavy atom. The van der Waals surface area contributed by atoms with E-state index in [1.165, 1.54) is 0 Å². The van der Waals surface area contributed by atoms with Crippen LogP contribution in [0.4, 0.5) is 10.2 Å². The zero-order valence-corrected chi connectivity index (χ0v) is 15.9. The van der Waals surface area contributed by atoms with Crippen molar-refractivity contribution in [3.63, 3.8) is 0 Å². The number of amides is 1. The number of hydrogen-bond acceptors (Lipinski definition) is 4. The van der Waals surface area contributed by atoms with Crippen LogP contribution in [0.25, 0.3) is 22.0 Å². The summed E-state index contributed by atoms with van der Waals surface area (Å²) < 4.78 is 16.8. The van der Waals surface area contributed by atoms with E-state index in [1.54, 1.807) is 12.3 Å². The summed E-state index contributed by atoms with van der Waals surface area (Å²) in [6, 6.07) is 8.31. The SMILES string of the molecule is Cc1ncc(-c2ccc3cnc(NC(=O)C4(F)CN(C5CC5)C4)cc3c2)n1C. The van der Waals surface area contributed by atoms with Crippen molar-refractivity contribution >= 4 is 22.5 Å². The second-order valence-electron chi connectivity index (χ2n) is 7.94. The van der Waals surface area contributed by atoms with Crippen molar-refractivity contribution in [3.8, 4) is 11.3 Å². The number of nitrogens with one attached hydrogen (secondary N) is 1. The lowest BCUT2D eigenvalue weighted by molar-refractivity contribution is -0.140. The Labute approximate surface area is 162 Å². The minimum absolute atomic E-state index is 0.182. The second-order valence-corrected chi connectivity index (χ2v) is 7.94. The van der Waals surface area contributed by atoms with Crippen LogP contribution in [0.2, 0.25) is 0 Å². The molecule has 2 fully saturated rings. The lowest BCUT2D eigenvalue weighted by atomic mass is 9.95. The molecule has 144 valence electrons. The molecule has 0 spiro atoms. The zero-order chi connectivity index (χ0) is 19.5. The molecule has 1 amide bonds. The molecule has 2 aromatic heterocycles. The van der Waals surface area contributed by atoms with Crippen molar-refractivity contribution in [1.82, 2.24) is 19.4 Å². The first-order valence-corrected chi connectivity index (χ1v) is 9.56. The second kappa shape index (κ2) is 6.10. The highest BCUT2D eigenvalue weighted by Crippen LogP contribution is 2.37. The number of pyridine rings is 1. The van der Waals surface area contributed by atoms with Crippen LogP contribution in [0.5, 0.6) is 0 Å². The number of hydrogen-bond donors (Lipinski definition) is 1. The minimum atomic E-state index is -1.81. The van der Waals surface area contributed by atoms with Crippen LogP contribution in [0, 0.1) is 6.92 Å². The molecule has 3 heterocycles. The topological polar surface area (TPSA) is 63.1 Å². The number of carbonyl (C=O) groups excluding carboxylic acids is 1. The number of likely N-dealkylation sites (tertiary alicyclic amines) is 1. The van der Waals surface area contributed by atoms with Crippen LogP contribution >= 0.6 is 0 Å². The molecule has 2 aliphatic rings. The molecular formula is C21H22FN5O. The fraction of sp³-hybridized carbons (Fsp3) is 0.381. The normalized spacial score (nSPS) is 18.8. The highest BCUT2D eigenvalue weighted by Gasteiger charge is 2.53. The van der Waals surface area contributed by atoms with E-state index in [-0.39, 0.29) is 13.1 Å². The third-order valence-electron chi connectivity index (χ3n) is 5.86. The van der Waals surface area contributed by atoms with E-state index in [1.807, 2.05) is 47.8 Å². The predicted molar refractivity (Wildman–Crippen MR) is 106 cm³/mol. The van der Waals surface area contributed by atoms with E-state index in [0.29, 0.717) is 11.9 Å². The lowest BCUT2D eigenvalue weighted by Crippen LogP contribution is -2.65. The molecule has 0 unspecified atom stereocenters. The van der Waals surface area contributed by atoms with Crippen LogP contribution in [-0.4, -0.2) is 50.1 Å². The fourth-order valence-electron chi connectivity index (χ4n) is 3.81. The Morgan fingerprint density at radius 2 is 1.96 bits per heavy atom. The third kappa shape index (κ3) is 2.86. The molecule has 0 atom stereocenters. The summed E-state index contributed by atoms with van der Waals surface area (Å²) in [6.45, 7) is 2.32. The first-order chi connectivity index (χ1) is 13.4. The van der Waals surface area contributed by atoms with E-state index >= 15 is 0 Å². The molecule has 1 N–H and O–H groups in total. The van der Waals surface area contributed by atoms with E-state index < -0.39 is 11.6 Å². The third-order valence-corrected chi connectivity index (χ3v) is 5.86. The van der Waals surface area contributed by atoms with Crippen molar-refractivity contribution in [2.45, 2.75) is 31.5 Å². The van der Waals surface area contributed by atoms with Gasteiger partial charge in [-0.3, -0.25) is 9.69 Å². The number of aromatic nitrogens is 3. The summed E-state index contributed by atoms with van der Waals surface area (Å²) in [6.07, 6.45) is 5.77. The predicted octanol–water partition coefficient (Wildman–Crippen LogP) is 3.07. The Hall–Kier alpha value is -2.80. The maximum atomic E-state index is 14.8. The lowest BCUT2D eigenvalue weighted by Gasteiger charge is -2.43. The van der Waals surface area contributed by atoms with Gasteiger partial charge in [0.1, 0.15) is 11.6 Å². The number of nitrogens with zero attached hydrogens (tertiary/aromatic N) is 4. The van der Waals surface area contributed by atoms with Crippen molar-refractivity contribution in [2.75, 3.05) is 18.4 Å². The largest absolute Gasteiger partial charge is 0.331 e.